The highest BCUT2D eigenvalue weighted by Gasteiger charge is 2.21. The van der Waals surface area contributed by atoms with Crippen molar-refractivity contribution in [1.82, 2.24) is 4.73 Å². The Morgan fingerprint density at radius 3 is 2.48 bits per heavy atom. The van der Waals surface area contributed by atoms with Crippen LogP contribution < -0.4 is 16.3 Å². The van der Waals surface area contributed by atoms with E-state index in [4.69, 9.17) is 16.3 Å². The highest BCUT2D eigenvalue weighted by molar-refractivity contribution is 6.13. The number of carbonyl (C=O) groups is 2. The molecule has 0 amide bonds. The second-order valence-electron chi connectivity index (χ2n) is 5.14. The maximum Gasteiger partial charge on any atom is 0.329 e. The molecule has 0 radical (unpaired) electrons. The highest BCUT2D eigenvalue weighted by atomic mass is 16.7. The number of fused-ring (bicyclic) bond motifs is 1. The Balaban J connectivity index is 2.21. The summed E-state index contributed by atoms with van der Waals surface area (Å²) >= 11 is 0. The molecule has 4 N–H and O–H groups in total. The Hall–Kier alpha value is -3.28. The van der Waals surface area contributed by atoms with Crippen LogP contribution in [0, 0.1) is 0 Å². The van der Waals surface area contributed by atoms with Gasteiger partial charge in [-0.2, -0.15) is 4.73 Å². The smallest absolute Gasteiger partial charge is 0.329 e. The monoisotopic (exact) mass is 309 g/mol. The predicted octanol–water partition coefficient (Wildman–Crippen LogP) is 2.01. The van der Waals surface area contributed by atoms with Crippen molar-refractivity contribution in [2.24, 2.45) is 0 Å². The van der Waals surface area contributed by atoms with E-state index in [1.54, 1.807) is 48.5 Å². The van der Waals surface area contributed by atoms with E-state index in [-0.39, 0.29) is 11.5 Å². The first-order chi connectivity index (χ1) is 11.0. The summed E-state index contributed by atoms with van der Waals surface area (Å²) in [6, 6.07) is 13.4. The number of carbonyl (C=O) groups excluding carboxylic acids is 2. The van der Waals surface area contributed by atoms with Gasteiger partial charge in [0.15, 0.2) is 0 Å². The third-order valence-corrected chi connectivity index (χ3v) is 3.44. The minimum Gasteiger partial charge on any atom is -0.399 e. The number of ketones is 1. The summed E-state index contributed by atoms with van der Waals surface area (Å²) in [7, 11) is 0. The SMILES string of the molecule is CC(=O)On1c(C(=O)c2ccccc2N)cc2cc(N)ccc21. The molecule has 0 atom stereocenters. The van der Waals surface area contributed by atoms with Crippen molar-refractivity contribution in [3.8, 4) is 0 Å². The highest BCUT2D eigenvalue weighted by Crippen LogP contribution is 2.25. The largest absolute Gasteiger partial charge is 0.399 e. The molecule has 1 aromatic heterocycles. The van der Waals surface area contributed by atoms with Crippen LogP contribution in [0.4, 0.5) is 11.4 Å². The first-order valence-electron chi connectivity index (χ1n) is 6.96. The molecule has 2 aromatic carbocycles. The van der Waals surface area contributed by atoms with E-state index in [1.807, 2.05) is 0 Å². The van der Waals surface area contributed by atoms with Gasteiger partial charge in [-0.05, 0) is 36.4 Å². The summed E-state index contributed by atoms with van der Waals surface area (Å²) in [5.74, 6) is -0.867. The van der Waals surface area contributed by atoms with Crippen LogP contribution in [0.2, 0.25) is 0 Å². The van der Waals surface area contributed by atoms with Gasteiger partial charge in [-0.25, -0.2) is 4.79 Å². The third kappa shape index (κ3) is 2.62. The summed E-state index contributed by atoms with van der Waals surface area (Å²) in [5, 5.41) is 0.698. The lowest BCUT2D eigenvalue weighted by Gasteiger charge is -2.09. The number of nitrogens with two attached hydrogens (primary N) is 2. The van der Waals surface area contributed by atoms with E-state index >= 15 is 0 Å². The zero-order valence-corrected chi connectivity index (χ0v) is 12.4. The maximum absolute atomic E-state index is 12.8. The molecule has 1 heterocycles. The van der Waals surface area contributed by atoms with Crippen molar-refractivity contribution in [2.45, 2.75) is 6.92 Å². The summed E-state index contributed by atoms with van der Waals surface area (Å²) in [6.07, 6.45) is 0. The number of hydrogen-bond donors (Lipinski definition) is 2. The van der Waals surface area contributed by atoms with E-state index in [0.717, 1.165) is 0 Å². The Morgan fingerprint density at radius 2 is 1.78 bits per heavy atom. The van der Waals surface area contributed by atoms with Gasteiger partial charge in [-0.15, -0.1) is 0 Å². The number of anilines is 2. The lowest BCUT2D eigenvalue weighted by molar-refractivity contribution is -0.141. The third-order valence-electron chi connectivity index (χ3n) is 3.44. The zero-order valence-electron chi connectivity index (χ0n) is 12.4. The number of rotatable bonds is 3. The molecular weight excluding hydrogens is 294 g/mol. The van der Waals surface area contributed by atoms with Crippen LogP contribution in [-0.4, -0.2) is 16.5 Å². The molecule has 0 unspecified atom stereocenters. The summed E-state index contributed by atoms with van der Waals surface area (Å²) in [4.78, 5) is 29.4. The van der Waals surface area contributed by atoms with Gasteiger partial charge in [-0.1, -0.05) is 12.1 Å². The molecule has 6 heteroatoms. The second kappa shape index (κ2) is 5.49. The van der Waals surface area contributed by atoms with Crippen LogP contribution in [0.1, 0.15) is 23.0 Å². The van der Waals surface area contributed by atoms with Crippen molar-refractivity contribution < 1.29 is 14.4 Å². The van der Waals surface area contributed by atoms with E-state index in [9.17, 15) is 9.59 Å². The first kappa shape index (κ1) is 14.6. The molecule has 0 spiro atoms. The quantitative estimate of drug-likeness (QED) is 0.569. The summed E-state index contributed by atoms with van der Waals surface area (Å²) in [6.45, 7) is 1.27. The summed E-state index contributed by atoms with van der Waals surface area (Å²) in [5.41, 5.74) is 13.7. The van der Waals surface area contributed by atoms with Crippen molar-refractivity contribution >= 4 is 34.0 Å². The van der Waals surface area contributed by atoms with Crippen LogP contribution in [0.25, 0.3) is 10.9 Å². The molecule has 0 aliphatic heterocycles. The number of benzene rings is 2. The molecule has 3 rings (SSSR count). The van der Waals surface area contributed by atoms with E-state index in [1.165, 1.54) is 11.7 Å². The van der Waals surface area contributed by atoms with Gasteiger partial charge in [-0.3, -0.25) is 4.79 Å². The first-order valence-corrected chi connectivity index (χ1v) is 6.96. The van der Waals surface area contributed by atoms with Gasteiger partial charge in [0.2, 0.25) is 5.78 Å². The molecule has 116 valence electrons. The topological polar surface area (TPSA) is 100 Å². The van der Waals surface area contributed by atoms with Gasteiger partial charge in [0.25, 0.3) is 0 Å². The van der Waals surface area contributed by atoms with Crippen LogP contribution in [0.5, 0.6) is 0 Å². The fourth-order valence-electron chi connectivity index (χ4n) is 2.44. The Bertz CT molecular complexity index is 928. The Labute approximate surface area is 132 Å². The molecule has 3 aromatic rings. The van der Waals surface area contributed by atoms with Crippen LogP contribution >= 0.6 is 0 Å². The van der Waals surface area contributed by atoms with E-state index in [0.29, 0.717) is 27.8 Å². The molecule has 0 bridgehead atoms. The maximum atomic E-state index is 12.8. The van der Waals surface area contributed by atoms with E-state index in [2.05, 4.69) is 0 Å². The number of aromatic nitrogens is 1. The lowest BCUT2D eigenvalue weighted by Crippen LogP contribution is -2.21. The number of nitrogens with zero attached hydrogens (tertiary/aromatic N) is 1. The van der Waals surface area contributed by atoms with Gasteiger partial charge in [0.1, 0.15) is 5.69 Å². The fraction of sp³-hybridized carbons (Fsp3) is 0.0588. The zero-order chi connectivity index (χ0) is 16.6. The van der Waals surface area contributed by atoms with E-state index < -0.39 is 5.97 Å². The molecular formula is C17H15N3O3. The minimum atomic E-state index is -0.533. The normalized spacial score (nSPS) is 10.7. The standard InChI is InChI=1S/C17H15N3O3/c1-10(21)23-20-15-7-6-12(18)8-11(15)9-16(20)17(22)13-4-2-3-5-14(13)19/h2-9H,18-19H2,1H3. The average Bonchev–Trinajstić information content (AvgIpc) is 2.84. The molecule has 0 saturated heterocycles. The molecule has 6 nitrogen and oxygen atoms in total. The Kier molecular flexibility index (Phi) is 3.50. The molecule has 0 aliphatic carbocycles. The summed E-state index contributed by atoms with van der Waals surface area (Å²) < 4.78 is 1.21. The molecule has 23 heavy (non-hydrogen) atoms. The van der Waals surface area contributed by atoms with Crippen molar-refractivity contribution in [2.75, 3.05) is 11.5 Å². The average molecular weight is 309 g/mol. The molecule has 0 aliphatic rings. The molecule has 0 saturated carbocycles. The number of para-hydroxylation sites is 1. The van der Waals surface area contributed by atoms with Gasteiger partial charge in [0, 0.05) is 29.2 Å². The van der Waals surface area contributed by atoms with Crippen molar-refractivity contribution in [3.05, 3.63) is 59.8 Å². The molecule has 0 fully saturated rings. The second-order valence-corrected chi connectivity index (χ2v) is 5.14. The minimum absolute atomic E-state index is 0.207. The van der Waals surface area contributed by atoms with Gasteiger partial charge < -0.3 is 16.3 Å². The van der Waals surface area contributed by atoms with Crippen molar-refractivity contribution in [1.29, 1.82) is 0 Å². The van der Waals surface area contributed by atoms with Crippen LogP contribution in [0.15, 0.2) is 48.5 Å². The van der Waals surface area contributed by atoms with Crippen LogP contribution in [0.3, 0.4) is 0 Å². The number of nitrogen functional groups attached to an aromatic ring is 2. The predicted molar refractivity (Wildman–Crippen MR) is 87.9 cm³/mol. The number of hydrogen-bond acceptors (Lipinski definition) is 5. The van der Waals surface area contributed by atoms with Gasteiger partial charge in [0.05, 0.1) is 5.52 Å². The fourth-order valence-corrected chi connectivity index (χ4v) is 2.44. The van der Waals surface area contributed by atoms with Crippen LogP contribution in [-0.2, 0) is 4.79 Å². The van der Waals surface area contributed by atoms with Gasteiger partial charge >= 0.3 is 5.97 Å². The van der Waals surface area contributed by atoms with Crippen molar-refractivity contribution in [3.63, 3.8) is 0 Å². The lowest BCUT2D eigenvalue weighted by atomic mass is 10.1. The Morgan fingerprint density at radius 1 is 1.04 bits per heavy atom.